The quantitative estimate of drug-likeness (QED) is 0.572. The number of nitrogens with one attached hydrogen (secondary N) is 1. The highest BCUT2D eigenvalue weighted by Crippen LogP contribution is 2.62. The van der Waals surface area contributed by atoms with E-state index in [-0.39, 0.29) is 29.8 Å². The molecule has 6 rings (SSSR count). The van der Waals surface area contributed by atoms with E-state index in [0.29, 0.717) is 29.9 Å². The third kappa shape index (κ3) is 3.19. The van der Waals surface area contributed by atoms with E-state index < -0.39 is 5.41 Å². The molecule has 1 aromatic heterocycles. The van der Waals surface area contributed by atoms with E-state index in [2.05, 4.69) is 9.88 Å². The van der Waals surface area contributed by atoms with Crippen LogP contribution in [0.1, 0.15) is 86.1 Å². The summed E-state index contributed by atoms with van der Waals surface area (Å²) in [5, 5.41) is 3.17. The van der Waals surface area contributed by atoms with Crippen LogP contribution in [0.2, 0.25) is 0 Å². The van der Waals surface area contributed by atoms with Crippen molar-refractivity contribution in [3.8, 4) is 0 Å². The molecule has 0 unspecified atom stereocenters. The highest BCUT2D eigenvalue weighted by Gasteiger charge is 2.61. The van der Waals surface area contributed by atoms with Gasteiger partial charge in [-0.3, -0.25) is 14.4 Å². The van der Waals surface area contributed by atoms with E-state index in [4.69, 9.17) is 4.74 Å². The van der Waals surface area contributed by atoms with Crippen LogP contribution in [0.5, 0.6) is 0 Å². The average Bonchev–Trinajstić information content (AvgIpc) is 3.42. The van der Waals surface area contributed by atoms with Gasteiger partial charge in [0, 0.05) is 35.5 Å². The zero-order chi connectivity index (χ0) is 21.3. The molecule has 1 N–H and O–H groups in total. The molecule has 5 saturated carbocycles. The number of ketones is 1. The summed E-state index contributed by atoms with van der Waals surface area (Å²) < 4.78 is 7.90. The molecule has 1 amide bonds. The van der Waals surface area contributed by atoms with Crippen LogP contribution in [-0.2, 0) is 14.3 Å². The lowest BCUT2D eigenvalue weighted by atomic mass is 9.47. The van der Waals surface area contributed by atoms with Crippen molar-refractivity contribution in [3.63, 3.8) is 0 Å². The fourth-order valence-corrected chi connectivity index (χ4v) is 7.34. The van der Waals surface area contributed by atoms with Crippen LogP contribution in [0, 0.1) is 31.1 Å². The van der Waals surface area contributed by atoms with E-state index in [9.17, 15) is 14.4 Å². The number of ether oxygens (including phenoxy) is 1. The summed E-state index contributed by atoms with van der Waals surface area (Å²) >= 11 is 0. The summed E-state index contributed by atoms with van der Waals surface area (Å²) in [4.78, 5) is 37.9. The van der Waals surface area contributed by atoms with Crippen molar-refractivity contribution >= 4 is 17.7 Å². The minimum atomic E-state index is -0.544. The molecule has 1 heterocycles. The molecule has 1 aromatic rings. The van der Waals surface area contributed by atoms with Crippen molar-refractivity contribution in [3.05, 3.63) is 23.0 Å². The lowest BCUT2D eigenvalue weighted by Gasteiger charge is -2.60. The number of carbonyl (C=O) groups is 3. The first-order valence-corrected chi connectivity index (χ1v) is 11.4. The topological polar surface area (TPSA) is 77.4 Å². The number of aromatic nitrogens is 1. The van der Waals surface area contributed by atoms with Gasteiger partial charge in [-0.1, -0.05) is 0 Å². The van der Waals surface area contributed by atoms with E-state index in [0.717, 1.165) is 43.5 Å². The number of esters is 1. The van der Waals surface area contributed by atoms with Crippen molar-refractivity contribution in [2.24, 2.45) is 17.3 Å². The summed E-state index contributed by atoms with van der Waals surface area (Å²) in [6.45, 7) is 5.38. The largest absolute Gasteiger partial charge is 0.457 e. The van der Waals surface area contributed by atoms with Crippen molar-refractivity contribution in [1.29, 1.82) is 0 Å². The Balaban J connectivity index is 1.29. The van der Waals surface area contributed by atoms with Gasteiger partial charge in [-0.15, -0.1) is 0 Å². The zero-order valence-electron chi connectivity index (χ0n) is 18.3. The van der Waals surface area contributed by atoms with Crippen LogP contribution in [-0.4, -0.2) is 34.4 Å². The average molecular weight is 413 g/mol. The number of carbonyl (C=O) groups excluding carboxylic acids is 3. The van der Waals surface area contributed by atoms with Crippen molar-refractivity contribution in [2.75, 3.05) is 6.61 Å². The first-order valence-electron chi connectivity index (χ1n) is 11.4. The predicted octanol–water partition coefficient (Wildman–Crippen LogP) is 3.64. The minimum absolute atomic E-state index is 0.0262. The van der Waals surface area contributed by atoms with E-state index in [1.54, 1.807) is 6.92 Å². The SMILES string of the molecule is CC(=O)NC12C[C@H]3C[C@H](C1)CC(C(=O)OCC(=O)c1cc(C)n(C4CC4)c1C)(C3)C2. The first-order chi connectivity index (χ1) is 14.2. The molecular weight excluding hydrogens is 380 g/mol. The smallest absolute Gasteiger partial charge is 0.312 e. The maximum atomic E-state index is 13.2. The third-order valence-corrected chi connectivity index (χ3v) is 7.97. The van der Waals surface area contributed by atoms with Crippen LogP contribution in [0.25, 0.3) is 0 Å². The van der Waals surface area contributed by atoms with Crippen LogP contribution < -0.4 is 5.32 Å². The second-order valence-corrected chi connectivity index (χ2v) is 10.6. The summed E-state index contributed by atoms with van der Waals surface area (Å²) in [6, 6.07) is 2.45. The number of aryl methyl sites for hydroxylation is 1. The second kappa shape index (κ2) is 6.69. The first kappa shape index (κ1) is 19.8. The maximum absolute atomic E-state index is 13.2. The van der Waals surface area contributed by atoms with E-state index in [1.807, 2.05) is 19.9 Å². The monoisotopic (exact) mass is 412 g/mol. The number of hydrogen-bond donors (Lipinski definition) is 1. The second-order valence-electron chi connectivity index (χ2n) is 10.6. The van der Waals surface area contributed by atoms with Gasteiger partial charge >= 0.3 is 5.97 Å². The molecule has 0 aliphatic heterocycles. The molecule has 0 aromatic carbocycles. The maximum Gasteiger partial charge on any atom is 0.312 e. The Kier molecular flexibility index (Phi) is 4.42. The molecule has 6 heteroatoms. The minimum Gasteiger partial charge on any atom is -0.457 e. The highest BCUT2D eigenvalue weighted by atomic mass is 16.5. The van der Waals surface area contributed by atoms with Gasteiger partial charge in [0.15, 0.2) is 6.61 Å². The van der Waals surface area contributed by atoms with Crippen molar-refractivity contribution < 1.29 is 19.1 Å². The van der Waals surface area contributed by atoms with Crippen LogP contribution in [0.4, 0.5) is 0 Å². The van der Waals surface area contributed by atoms with Crippen LogP contribution in [0.3, 0.4) is 0 Å². The standard InChI is InChI=1S/C24H32N2O4/c1-14-6-20(15(2)26(14)19-4-5-19)21(28)12-30-22(29)23-8-17-7-18(9-23)11-24(10-17,13-23)25-16(3)27/h6,17-19H,4-5,7-13H2,1-3H3,(H,25,27)/t17-,18-,23?,24?/m0/s1. The fraction of sp³-hybridized carbons (Fsp3) is 0.708. The lowest BCUT2D eigenvalue weighted by Crippen LogP contribution is -2.64. The Morgan fingerprint density at radius 3 is 2.40 bits per heavy atom. The molecule has 0 radical (unpaired) electrons. The Bertz CT molecular complexity index is 912. The molecule has 0 saturated heterocycles. The number of hydrogen-bond acceptors (Lipinski definition) is 4. The number of rotatable bonds is 6. The number of nitrogens with zero attached hydrogens (tertiary/aromatic N) is 1. The predicted molar refractivity (Wildman–Crippen MR) is 111 cm³/mol. The molecule has 0 spiro atoms. The van der Waals surface area contributed by atoms with Gasteiger partial charge < -0.3 is 14.6 Å². The van der Waals surface area contributed by atoms with Crippen molar-refractivity contribution in [1.82, 2.24) is 9.88 Å². The summed E-state index contributed by atoms with van der Waals surface area (Å²) in [5.41, 5.74) is 1.94. The molecule has 5 aliphatic carbocycles. The molecule has 4 bridgehead atoms. The van der Waals surface area contributed by atoms with Gasteiger partial charge in [-0.2, -0.15) is 0 Å². The fourth-order valence-electron chi connectivity index (χ4n) is 7.34. The van der Waals surface area contributed by atoms with Crippen LogP contribution in [0.15, 0.2) is 6.07 Å². The van der Waals surface area contributed by atoms with Gasteiger partial charge in [-0.05, 0) is 83.1 Å². The molecule has 2 atom stereocenters. The van der Waals surface area contributed by atoms with Gasteiger partial charge in [0.25, 0.3) is 0 Å². The summed E-state index contributed by atoms with van der Waals surface area (Å²) in [6.07, 6.45) is 7.70. The molecule has 6 nitrogen and oxygen atoms in total. The Labute approximate surface area is 177 Å². The van der Waals surface area contributed by atoms with Gasteiger partial charge in [0.05, 0.1) is 5.41 Å². The lowest BCUT2D eigenvalue weighted by molar-refractivity contribution is -0.174. The molecule has 5 fully saturated rings. The van der Waals surface area contributed by atoms with E-state index >= 15 is 0 Å². The van der Waals surface area contributed by atoms with Gasteiger partial charge in [-0.25, -0.2) is 0 Å². The van der Waals surface area contributed by atoms with Crippen molar-refractivity contribution in [2.45, 2.75) is 83.7 Å². The number of amides is 1. The zero-order valence-corrected chi connectivity index (χ0v) is 18.3. The molecular formula is C24H32N2O4. The van der Waals surface area contributed by atoms with E-state index in [1.165, 1.54) is 12.8 Å². The number of Topliss-reactive ketones (excluding diaryl/α,β-unsaturated/α-hetero) is 1. The highest BCUT2D eigenvalue weighted by molar-refractivity contribution is 5.99. The Morgan fingerprint density at radius 2 is 1.80 bits per heavy atom. The molecule has 162 valence electrons. The van der Waals surface area contributed by atoms with Crippen LogP contribution >= 0.6 is 0 Å². The Hall–Kier alpha value is -2.11. The summed E-state index contributed by atoms with van der Waals surface area (Å²) in [7, 11) is 0. The van der Waals surface area contributed by atoms with Gasteiger partial charge in [0.2, 0.25) is 11.7 Å². The molecule has 5 aliphatic rings. The van der Waals surface area contributed by atoms with Gasteiger partial charge in [0.1, 0.15) is 0 Å². The summed E-state index contributed by atoms with van der Waals surface area (Å²) in [5.74, 6) is 0.527. The molecule has 30 heavy (non-hydrogen) atoms. The normalized spacial score (nSPS) is 34.1. The Morgan fingerprint density at radius 1 is 1.13 bits per heavy atom. The third-order valence-electron chi connectivity index (χ3n) is 7.97.